The highest BCUT2D eigenvalue weighted by molar-refractivity contribution is 5.36. The molecule has 0 aliphatic rings. The van der Waals surface area contributed by atoms with E-state index in [1.807, 2.05) is 37.3 Å². The third-order valence-corrected chi connectivity index (χ3v) is 2.88. The molecule has 0 fully saturated rings. The summed E-state index contributed by atoms with van der Waals surface area (Å²) in [7, 11) is 0. The second-order valence-electron chi connectivity index (χ2n) is 4.57. The summed E-state index contributed by atoms with van der Waals surface area (Å²) in [5.74, 6) is 0.0699. The van der Waals surface area contributed by atoms with Crippen LogP contribution in [0.4, 0.5) is 4.39 Å². The Balaban J connectivity index is 1.89. The summed E-state index contributed by atoms with van der Waals surface area (Å²) < 4.78 is 24.1. The number of ether oxygens (including phenoxy) is 2. The Hall–Kier alpha value is -1.91. The Bertz CT molecular complexity index is 543. The van der Waals surface area contributed by atoms with Gasteiger partial charge >= 0.3 is 0 Å². The van der Waals surface area contributed by atoms with Crippen LogP contribution in [0.3, 0.4) is 0 Å². The largest absolute Gasteiger partial charge is 0.467 e. The molecule has 0 heterocycles. The number of hydrogen-bond acceptors (Lipinski definition) is 3. The topological polar surface area (TPSA) is 44.5 Å². The molecule has 0 aliphatic heterocycles. The van der Waals surface area contributed by atoms with Gasteiger partial charge in [0.15, 0.2) is 6.79 Å². The van der Waals surface area contributed by atoms with Gasteiger partial charge in [-0.25, -0.2) is 4.39 Å². The van der Waals surface area contributed by atoms with Crippen molar-refractivity contribution in [3.05, 3.63) is 65.5 Å². The summed E-state index contributed by atoms with van der Waals surface area (Å²) in [5.41, 5.74) is 7.63. The average molecular weight is 275 g/mol. The maximum absolute atomic E-state index is 13.2. The molecule has 1 atom stereocenters. The fraction of sp³-hybridized carbons (Fsp3) is 0.250. The molecule has 3 nitrogen and oxygen atoms in total. The van der Waals surface area contributed by atoms with E-state index < -0.39 is 0 Å². The van der Waals surface area contributed by atoms with Crippen LogP contribution in [-0.4, -0.2) is 6.79 Å². The van der Waals surface area contributed by atoms with Gasteiger partial charge in [0.05, 0.1) is 6.61 Å². The van der Waals surface area contributed by atoms with Crippen molar-refractivity contribution in [1.29, 1.82) is 0 Å². The van der Waals surface area contributed by atoms with Gasteiger partial charge in [0, 0.05) is 17.7 Å². The Morgan fingerprint density at radius 3 is 2.60 bits per heavy atom. The van der Waals surface area contributed by atoms with Gasteiger partial charge in [-0.1, -0.05) is 36.4 Å². The molecule has 0 radical (unpaired) electrons. The van der Waals surface area contributed by atoms with Crippen LogP contribution in [0.2, 0.25) is 0 Å². The van der Waals surface area contributed by atoms with Crippen LogP contribution in [0.15, 0.2) is 48.5 Å². The molecule has 2 rings (SSSR count). The molecule has 2 N–H and O–H groups in total. The van der Waals surface area contributed by atoms with Crippen molar-refractivity contribution in [1.82, 2.24) is 0 Å². The van der Waals surface area contributed by atoms with Gasteiger partial charge in [0.25, 0.3) is 0 Å². The molecule has 0 bridgehead atoms. The van der Waals surface area contributed by atoms with Crippen LogP contribution in [-0.2, 0) is 11.3 Å². The molecular formula is C16H18FNO2. The number of halogens is 1. The minimum atomic E-state index is -0.354. The second kappa shape index (κ2) is 7.03. The SMILES string of the molecule is CC(N)c1ccc(F)cc1OCOCc1ccccc1. The zero-order valence-electron chi connectivity index (χ0n) is 11.4. The quantitative estimate of drug-likeness (QED) is 0.649. The van der Waals surface area contributed by atoms with Crippen LogP contribution in [0.1, 0.15) is 24.1 Å². The highest BCUT2D eigenvalue weighted by Gasteiger charge is 2.09. The van der Waals surface area contributed by atoms with Crippen LogP contribution in [0.5, 0.6) is 5.75 Å². The first-order valence-electron chi connectivity index (χ1n) is 6.46. The summed E-state index contributed by atoms with van der Waals surface area (Å²) in [6.45, 7) is 2.33. The molecule has 4 heteroatoms. The lowest BCUT2D eigenvalue weighted by Gasteiger charge is -2.14. The van der Waals surface area contributed by atoms with Crippen LogP contribution < -0.4 is 10.5 Å². The lowest BCUT2D eigenvalue weighted by Crippen LogP contribution is -2.10. The monoisotopic (exact) mass is 275 g/mol. The predicted octanol–water partition coefficient (Wildman–Crippen LogP) is 3.40. The van der Waals surface area contributed by atoms with E-state index in [1.54, 1.807) is 6.07 Å². The van der Waals surface area contributed by atoms with Crippen molar-refractivity contribution in [2.24, 2.45) is 5.73 Å². The van der Waals surface area contributed by atoms with Gasteiger partial charge in [-0.3, -0.25) is 0 Å². The van der Waals surface area contributed by atoms with Gasteiger partial charge in [0.1, 0.15) is 11.6 Å². The second-order valence-corrected chi connectivity index (χ2v) is 4.57. The Labute approximate surface area is 118 Å². The molecule has 106 valence electrons. The molecule has 2 aromatic rings. The van der Waals surface area contributed by atoms with E-state index in [2.05, 4.69) is 0 Å². The van der Waals surface area contributed by atoms with E-state index in [1.165, 1.54) is 12.1 Å². The van der Waals surface area contributed by atoms with Gasteiger partial charge in [-0.05, 0) is 18.6 Å². The normalized spacial score (nSPS) is 12.2. The lowest BCUT2D eigenvalue weighted by atomic mass is 10.1. The third-order valence-electron chi connectivity index (χ3n) is 2.88. The minimum Gasteiger partial charge on any atom is -0.467 e. The van der Waals surface area contributed by atoms with E-state index in [0.29, 0.717) is 12.4 Å². The summed E-state index contributed by atoms with van der Waals surface area (Å²) in [4.78, 5) is 0. The maximum atomic E-state index is 13.2. The van der Waals surface area contributed by atoms with E-state index >= 15 is 0 Å². The van der Waals surface area contributed by atoms with Crippen molar-refractivity contribution < 1.29 is 13.9 Å². The smallest absolute Gasteiger partial charge is 0.189 e. The zero-order chi connectivity index (χ0) is 14.4. The van der Waals surface area contributed by atoms with Crippen molar-refractivity contribution in [2.75, 3.05) is 6.79 Å². The molecule has 2 aromatic carbocycles. The fourth-order valence-corrected chi connectivity index (χ4v) is 1.85. The fourth-order valence-electron chi connectivity index (χ4n) is 1.85. The molecule has 1 unspecified atom stereocenters. The Morgan fingerprint density at radius 1 is 1.15 bits per heavy atom. The molecule has 0 saturated heterocycles. The standard InChI is InChI=1S/C16H18FNO2/c1-12(18)15-8-7-14(17)9-16(15)20-11-19-10-13-5-3-2-4-6-13/h2-9,12H,10-11,18H2,1H3. The number of rotatable bonds is 6. The van der Waals surface area contributed by atoms with Gasteiger partial charge < -0.3 is 15.2 Å². The highest BCUT2D eigenvalue weighted by atomic mass is 19.1. The summed E-state index contributed by atoms with van der Waals surface area (Å²) >= 11 is 0. The van der Waals surface area contributed by atoms with Gasteiger partial charge in [0.2, 0.25) is 0 Å². The van der Waals surface area contributed by atoms with Crippen LogP contribution in [0.25, 0.3) is 0 Å². The summed E-state index contributed by atoms with van der Waals surface area (Å²) in [5, 5.41) is 0. The Kier molecular flexibility index (Phi) is 5.09. The molecule has 0 saturated carbocycles. The van der Waals surface area contributed by atoms with Crippen molar-refractivity contribution >= 4 is 0 Å². The minimum absolute atomic E-state index is 0.0536. The third kappa shape index (κ3) is 4.05. The van der Waals surface area contributed by atoms with Crippen molar-refractivity contribution in [3.63, 3.8) is 0 Å². The first-order valence-corrected chi connectivity index (χ1v) is 6.46. The van der Waals surface area contributed by atoms with E-state index in [0.717, 1.165) is 11.1 Å². The van der Waals surface area contributed by atoms with Crippen molar-refractivity contribution in [2.45, 2.75) is 19.6 Å². The molecule has 0 spiro atoms. The maximum Gasteiger partial charge on any atom is 0.189 e. The number of benzene rings is 2. The average Bonchev–Trinajstić information content (AvgIpc) is 2.44. The number of hydrogen-bond donors (Lipinski definition) is 1. The molecule has 0 aliphatic carbocycles. The highest BCUT2D eigenvalue weighted by Crippen LogP contribution is 2.24. The van der Waals surface area contributed by atoms with Crippen LogP contribution in [0, 0.1) is 5.82 Å². The molecule has 0 aromatic heterocycles. The van der Waals surface area contributed by atoms with E-state index in [-0.39, 0.29) is 18.7 Å². The Morgan fingerprint density at radius 2 is 1.90 bits per heavy atom. The summed E-state index contributed by atoms with van der Waals surface area (Å²) in [6, 6.07) is 13.9. The van der Waals surface area contributed by atoms with E-state index in [4.69, 9.17) is 15.2 Å². The first-order chi connectivity index (χ1) is 9.66. The molecule has 0 amide bonds. The number of nitrogens with two attached hydrogens (primary N) is 1. The zero-order valence-corrected chi connectivity index (χ0v) is 11.4. The van der Waals surface area contributed by atoms with Gasteiger partial charge in [-0.15, -0.1) is 0 Å². The van der Waals surface area contributed by atoms with Crippen molar-refractivity contribution in [3.8, 4) is 5.75 Å². The van der Waals surface area contributed by atoms with Crippen LogP contribution >= 0.6 is 0 Å². The summed E-state index contributed by atoms with van der Waals surface area (Å²) in [6.07, 6.45) is 0. The predicted molar refractivity (Wildman–Crippen MR) is 75.7 cm³/mol. The van der Waals surface area contributed by atoms with E-state index in [9.17, 15) is 4.39 Å². The van der Waals surface area contributed by atoms with Gasteiger partial charge in [-0.2, -0.15) is 0 Å². The first kappa shape index (κ1) is 14.5. The molecular weight excluding hydrogens is 257 g/mol. The lowest BCUT2D eigenvalue weighted by molar-refractivity contribution is 0.00426. The molecule has 20 heavy (non-hydrogen) atoms.